The third-order valence-electron chi connectivity index (χ3n) is 4.15. The van der Waals surface area contributed by atoms with Gasteiger partial charge in [-0.2, -0.15) is 0 Å². The highest BCUT2D eigenvalue weighted by atomic mass is 79.9. The van der Waals surface area contributed by atoms with Gasteiger partial charge in [-0.1, -0.05) is 18.2 Å². The predicted molar refractivity (Wildman–Crippen MR) is 119 cm³/mol. The minimum Gasteiger partial charge on any atom is -0.503 e. The van der Waals surface area contributed by atoms with E-state index in [1.807, 2.05) is 0 Å². The van der Waals surface area contributed by atoms with E-state index in [1.54, 1.807) is 19.1 Å². The second kappa shape index (κ2) is 9.19. The molecule has 0 unspecified atom stereocenters. The maximum absolute atomic E-state index is 12.8. The third-order valence-corrected chi connectivity index (χ3v) is 7.22. The lowest BCUT2D eigenvalue weighted by Crippen LogP contribution is -2.27. The van der Waals surface area contributed by atoms with E-state index >= 15 is 0 Å². The van der Waals surface area contributed by atoms with Crippen molar-refractivity contribution in [1.29, 1.82) is 0 Å². The molecular formula is C19H14Br2N2O6S. The van der Waals surface area contributed by atoms with Gasteiger partial charge in [0.05, 0.1) is 27.5 Å². The number of nitro groups is 1. The fraction of sp³-hybridized carbons (Fsp3) is 0.158. The van der Waals surface area contributed by atoms with Crippen molar-refractivity contribution in [3.05, 3.63) is 65.4 Å². The van der Waals surface area contributed by atoms with Gasteiger partial charge in [-0.15, -0.1) is 0 Å². The zero-order valence-corrected chi connectivity index (χ0v) is 19.4. The second-order valence-corrected chi connectivity index (χ2v) is 8.61. The average Bonchev–Trinajstić information content (AvgIpc) is 2.97. The number of hydrogen-bond acceptors (Lipinski definition) is 7. The number of halogens is 2. The van der Waals surface area contributed by atoms with E-state index in [1.165, 1.54) is 24.3 Å². The number of phenols is 1. The van der Waals surface area contributed by atoms with Crippen molar-refractivity contribution >= 4 is 66.5 Å². The van der Waals surface area contributed by atoms with Gasteiger partial charge in [0.1, 0.15) is 0 Å². The standard InChI is InChI=1S/C19H14Br2N2O6S/c1-2-29-13-7-11(15(20)16(21)17(13)24)8-14-18(25)22(19(26)30-14)9-10-5-3-4-6-12(10)23(27)28/h3-8,24H,2,9H2,1H3/b14-8-. The molecule has 8 nitrogen and oxygen atoms in total. The van der Waals surface area contributed by atoms with Crippen LogP contribution in [0, 0.1) is 10.1 Å². The Kier molecular flexibility index (Phi) is 6.84. The van der Waals surface area contributed by atoms with Crippen molar-refractivity contribution in [3.8, 4) is 11.5 Å². The van der Waals surface area contributed by atoms with Crippen LogP contribution in [0.3, 0.4) is 0 Å². The van der Waals surface area contributed by atoms with Crippen LogP contribution in [0.2, 0.25) is 0 Å². The van der Waals surface area contributed by atoms with Gasteiger partial charge in [-0.3, -0.25) is 24.6 Å². The van der Waals surface area contributed by atoms with Crippen molar-refractivity contribution in [2.24, 2.45) is 0 Å². The van der Waals surface area contributed by atoms with Gasteiger partial charge >= 0.3 is 0 Å². The van der Waals surface area contributed by atoms with Gasteiger partial charge in [0, 0.05) is 16.1 Å². The van der Waals surface area contributed by atoms with Gasteiger partial charge in [0.15, 0.2) is 11.5 Å². The number of carbonyl (C=O) groups is 2. The fourth-order valence-corrected chi connectivity index (χ4v) is 4.42. The number of benzene rings is 2. The number of thioether (sulfide) groups is 1. The summed E-state index contributed by atoms with van der Waals surface area (Å²) in [6, 6.07) is 7.50. The Labute approximate surface area is 192 Å². The molecule has 1 aliphatic rings. The molecule has 0 bridgehead atoms. The Balaban J connectivity index is 1.94. The summed E-state index contributed by atoms with van der Waals surface area (Å²) < 4.78 is 6.22. The van der Waals surface area contributed by atoms with Crippen LogP contribution in [-0.2, 0) is 11.3 Å². The molecule has 2 aromatic carbocycles. The third kappa shape index (κ3) is 4.37. The molecule has 30 heavy (non-hydrogen) atoms. The van der Waals surface area contributed by atoms with E-state index < -0.39 is 16.1 Å². The number of hydrogen-bond donors (Lipinski definition) is 1. The maximum Gasteiger partial charge on any atom is 0.293 e. The molecule has 11 heteroatoms. The van der Waals surface area contributed by atoms with Crippen LogP contribution in [0.25, 0.3) is 6.08 Å². The Bertz CT molecular complexity index is 1090. The van der Waals surface area contributed by atoms with Gasteiger partial charge in [-0.25, -0.2) is 0 Å². The van der Waals surface area contributed by atoms with Crippen molar-refractivity contribution in [2.45, 2.75) is 13.5 Å². The van der Waals surface area contributed by atoms with E-state index in [0.717, 1.165) is 16.7 Å². The number of nitrogens with zero attached hydrogens (tertiary/aromatic N) is 2. The molecule has 3 rings (SSSR count). The molecule has 1 heterocycles. The molecule has 1 fully saturated rings. The molecule has 2 amide bonds. The molecule has 1 aliphatic heterocycles. The Morgan fingerprint density at radius 3 is 2.63 bits per heavy atom. The van der Waals surface area contributed by atoms with Gasteiger partial charge in [0.25, 0.3) is 16.8 Å². The molecule has 1 N–H and O–H groups in total. The minimum absolute atomic E-state index is 0.0923. The molecule has 1 saturated heterocycles. The van der Waals surface area contributed by atoms with Crippen LogP contribution in [0.4, 0.5) is 10.5 Å². The largest absolute Gasteiger partial charge is 0.503 e. The quantitative estimate of drug-likeness (QED) is 0.285. The van der Waals surface area contributed by atoms with Crippen LogP contribution in [0.5, 0.6) is 11.5 Å². The second-order valence-electron chi connectivity index (χ2n) is 6.03. The number of rotatable bonds is 6. The van der Waals surface area contributed by atoms with Gasteiger partial charge in [0.2, 0.25) is 0 Å². The van der Waals surface area contributed by atoms with Crippen LogP contribution < -0.4 is 4.74 Å². The highest BCUT2D eigenvalue weighted by Gasteiger charge is 2.36. The fourth-order valence-electron chi connectivity index (χ4n) is 2.75. The molecular weight excluding hydrogens is 544 g/mol. The van der Waals surface area contributed by atoms with Gasteiger partial charge in [-0.05, 0) is 68.3 Å². The number of nitro benzene ring substituents is 1. The summed E-state index contributed by atoms with van der Waals surface area (Å²) in [5.41, 5.74) is 0.615. The summed E-state index contributed by atoms with van der Waals surface area (Å²) in [6.45, 7) is 1.89. The van der Waals surface area contributed by atoms with E-state index in [-0.39, 0.29) is 34.2 Å². The number of carbonyl (C=O) groups excluding carboxylic acids is 2. The molecule has 0 aliphatic carbocycles. The first-order valence-corrected chi connectivity index (χ1v) is 11.0. The molecule has 156 valence electrons. The summed E-state index contributed by atoms with van der Waals surface area (Å²) in [6.07, 6.45) is 1.50. The highest BCUT2D eigenvalue weighted by Crippen LogP contribution is 2.44. The van der Waals surface area contributed by atoms with E-state index in [4.69, 9.17) is 4.74 Å². The SMILES string of the molecule is CCOc1cc(/C=C2\SC(=O)N(Cc3ccccc3[N+](=O)[O-])C2=O)c(Br)c(Br)c1O. The first-order valence-electron chi connectivity index (χ1n) is 8.56. The van der Waals surface area contributed by atoms with Crippen molar-refractivity contribution < 1.29 is 24.4 Å². The van der Waals surface area contributed by atoms with E-state index in [9.17, 15) is 24.8 Å². The molecule has 0 atom stereocenters. The maximum atomic E-state index is 12.8. The zero-order valence-electron chi connectivity index (χ0n) is 15.4. The molecule has 0 saturated carbocycles. The minimum atomic E-state index is -0.558. The Morgan fingerprint density at radius 1 is 1.27 bits per heavy atom. The summed E-state index contributed by atoms with van der Waals surface area (Å²) in [5.74, 6) is -0.430. The van der Waals surface area contributed by atoms with E-state index in [0.29, 0.717) is 21.1 Å². The number of amides is 2. The van der Waals surface area contributed by atoms with Gasteiger partial charge < -0.3 is 9.84 Å². The predicted octanol–water partition coefficient (Wildman–Crippen LogP) is 5.46. The molecule has 2 aromatic rings. The number of imide groups is 1. The summed E-state index contributed by atoms with van der Waals surface area (Å²) >= 11 is 7.36. The summed E-state index contributed by atoms with van der Waals surface area (Å²) in [7, 11) is 0. The normalized spacial score (nSPS) is 15.2. The molecule has 0 radical (unpaired) electrons. The monoisotopic (exact) mass is 556 g/mol. The van der Waals surface area contributed by atoms with Crippen LogP contribution in [0.15, 0.2) is 44.2 Å². The smallest absolute Gasteiger partial charge is 0.293 e. The lowest BCUT2D eigenvalue weighted by Gasteiger charge is -2.13. The Hall–Kier alpha value is -2.37. The number of aromatic hydroxyl groups is 1. The van der Waals surface area contributed by atoms with Crippen LogP contribution in [-0.4, -0.2) is 32.7 Å². The number of phenolic OH excluding ortho intramolecular Hbond substituents is 1. The van der Waals surface area contributed by atoms with E-state index in [2.05, 4.69) is 31.9 Å². The number of ether oxygens (including phenoxy) is 1. The van der Waals surface area contributed by atoms with Crippen LogP contribution >= 0.6 is 43.6 Å². The zero-order chi connectivity index (χ0) is 22.0. The summed E-state index contributed by atoms with van der Waals surface area (Å²) in [4.78, 5) is 37.0. The topological polar surface area (TPSA) is 110 Å². The average molecular weight is 558 g/mol. The van der Waals surface area contributed by atoms with Crippen molar-refractivity contribution in [2.75, 3.05) is 6.61 Å². The summed E-state index contributed by atoms with van der Waals surface area (Å²) in [5, 5.41) is 20.8. The molecule has 0 spiro atoms. The highest BCUT2D eigenvalue weighted by molar-refractivity contribution is 9.13. The lowest BCUT2D eigenvalue weighted by atomic mass is 10.1. The first-order chi connectivity index (χ1) is 14.2. The van der Waals surface area contributed by atoms with Crippen molar-refractivity contribution in [1.82, 2.24) is 4.90 Å². The Morgan fingerprint density at radius 2 is 1.97 bits per heavy atom. The van der Waals surface area contributed by atoms with Crippen molar-refractivity contribution in [3.63, 3.8) is 0 Å². The molecule has 0 aromatic heterocycles. The first kappa shape index (κ1) is 22.3. The van der Waals surface area contributed by atoms with Crippen LogP contribution in [0.1, 0.15) is 18.1 Å². The lowest BCUT2D eigenvalue weighted by molar-refractivity contribution is -0.385. The number of para-hydroxylation sites is 1.